The lowest BCUT2D eigenvalue weighted by atomic mass is 9.97. The average Bonchev–Trinajstić information content (AvgIpc) is 3.19. The number of piperidine rings is 1. The van der Waals surface area contributed by atoms with Crippen molar-refractivity contribution in [2.24, 2.45) is 0 Å². The molecule has 14 heteroatoms. The van der Waals surface area contributed by atoms with E-state index in [1.165, 1.54) is 28.9 Å². The Morgan fingerprint density at radius 3 is 1.91 bits per heavy atom. The van der Waals surface area contributed by atoms with Crippen LogP contribution in [0.5, 0.6) is 0 Å². The molecule has 2 aromatic carbocycles. The maximum absolute atomic E-state index is 12.7. The summed E-state index contributed by atoms with van der Waals surface area (Å²) in [6.07, 6.45) is -3.95. The third-order valence-corrected chi connectivity index (χ3v) is 7.96. The molecule has 0 aromatic heterocycles. The normalized spacial score (nSPS) is 16.0. The topological polar surface area (TPSA) is 107 Å². The molecule has 0 amide bonds. The second-order valence-corrected chi connectivity index (χ2v) is 11.2. The number of halogens is 6. The predicted octanol–water partition coefficient (Wildman–Crippen LogP) is 5.86. The minimum Gasteiger partial charge on any atom is -0.475 e. The maximum Gasteiger partial charge on any atom is 0.490 e. The van der Waals surface area contributed by atoms with E-state index in [1.54, 1.807) is 0 Å². The van der Waals surface area contributed by atoms with Gasteiger partial charge in [-0.05, 0) is 94.2 Å². The number of thioether (sulfide) groups is 1. The molecule has 0 radical (unpaired) electrons. The van der Waals surface area contributed by atoms with Crippen LogP contribution in [0.15, 0.2) is 53.4 Å². The van der Waals surface area contributed by atoms with Crippen LogP contribution < -0.4 is 5.32 Å². The third-order valence-electron chi connectivity index (χ3n) is 6.61. The smallest absolute Gasteiger partial charge is 0.475 e. The number of carbonyl (C=O) groups excluding carboxylic acids is 1. The SMILES string of the molecule is O=C(CCCN1CCC(Sc2ccccc2)CC1)c1ccc2c(c1)CCNCC2.O=C(O)C(F)(F)F.O=C(O)C(F)(F)F. The Labute approximate surface area is 249 Å². The van der Waals surface area contributed by atoms with E-state index in [-0.39, 0.29) is 0 Å². The molecule has 0 atom stereocenters. The van der Waals surface area contributed by atoms with Crippen LogP contribution in [-0.2, 0) is 22.4 Å². The molecule has 7 nitrogen and oxygen atoms in total. The molecule has 43 heavy (non-hydrogen) atoms. The van der Waals surface area contributed by atoms with Gasteiger partial charge in [-0.3, -0.25) is 4.79 Å². The number of nitrogens with zero attached hydrogens (tertiary/aromatic N) is 1. The van der Waals surface area contributed by atoms with Crippen molar-refractivity contribution < 1.29 is 50.9 Å². The van der Waals surface area contributed by atoms with Crippen LogP contribution in [0.25, 0.3) is 0 Å². The number of aliphatic carboxylic acids is 2. The third kappa shape index (κ3) is 13.8. The van der Waals surface area contributed by atoms with E-state index in [2.05, 4.69) is 52.7 Å². The molecule has 0 aliphatic carbocycles. The maximum atomic E-state index is 12.7. The molecule has 4 rings (SSSR count). The minimum atomic E-state index is -5.08. The molecule has 2 aliphatic rings. The molecule has 0 unspecified atom stereocenters. The number of nitrogens with one attached hydrogen (secondary N) is 1. The van der Waals surface area contributed by atoms with Gasteiger partial charge in [-0.1, -0.05) is 30.3 Å². The molecule has 238 valence electrons. The fourth-order valence-corrected chi connectivity index (χ4v) is 5.54. The predicted molar refractivity (Wildman–Crippen MR) is 149 cm³/mol. The first-order valence-corrected chi connectivity index (χ1v) is 14.4. The summed E-state index contributed by atoms with van der Waals surface area (Å²) in [6, 6.07) is 17.1. The van der Waals surface area contributed by atoms with Gasteiger partial charge >= 0.3 is 24.3 Å². The van der Waals surface area contributed by atoms with Gasteiger partial charge in [0.1, 0.15) is 0 Å². The van der Waals surface area contributed by atoms with Crippen molar-refractivity contribution in [1.82, 2.24) is 10.2 Å². The number of carboxylic acid groups (broad SMARTS) is 2. The van der Waals surface area contributed by atoms with Crippen LogP contribution in [0.1, 0.15) is 47.2 Å². The first kappa shape index (κ1) is 36.1. The first-order valence-electron chi connectivity index (χ1n) is 13.6. The highest BCUT2D eigenvalue weighted by Gasteiger charge is 2.38. The summed E-state index contributed by atoms with van der Waals surface area (Å²) in [5.41, 5.74) is 3.67. The van der Waals surface area contributed by atoms with E-state index in [4.69, 9.17) is 19.8 Å². The van der Waals surface area contributed by atoms with Crippen LogP contribution in [0, 0.1) is 0 Å². The van der Waals surface area contributed by atoms with Gasteiger partial charge in [0.05, 0.1) is 0 Å². The number of rotatable bonds is 7. The quantitative estimate of drug-likeness (QED) is 0.256. The summed E-state index contributed by atoms with van der Waals surface area (Å²) >= 11 is 2.02. The van der Waals surface area contributed by atoms with Gasteiger partial charge in [0.25, 0.3) is 0 Å². The lowest BCUT2D eigenvalue weighted by Gasteiger charge is -2.31. The van der Waals surface area contributed by atoms with E-state index in [9.17, 15) is 31.1 Å². The minimum absolute atomic E-state index is 0.305. The summed E-state index contributed by atoms with van der Waals surface area (Å²) in [7, 11) is 0. The zero-order valence-electron chi connectivity index (χ0n) is 23.2. The monoisotopic (exact) mass is 636 g/mol. The summed E-state index contributed by atoms with van der Waals surface area (Å²) in [5.74, 6) is -5.21. The van der Waals surface area contributed by atoms with E-state index < -0.39 is 24.3 Å². The highest BCUT2D eigenvalue weighted by molar-refractivity contribution is 8.00. The van der Waals surface area contributed by atoms with Gasteiger partial charge in [-0.15, -0.1) is 11.8 Å². The number of likely N-dealkylation sites (tertiary alicyclic amines) is 1. The zero-order chi connectivity index (χ0) is 32.0. The Morgan fingerprint density at radius 2 is 1.37 bits per heavy atom. The van der Waals surface area contributed by atoms with E-state index >= 15 is 0 Å². The van der Waals surface area contributed by atoms with Gasteiger partial charge in [-0.2, -0.15) is 26.3 Å². The fourth-order valence-electron chi connectivity index (χ4n) is 4.40. The molecule has 0 spiro atoms. The summed E-state index contributed by atoms with van der Waals surface area (Å²) < 4.78 is 63.5. The Bertz CT molecular complexity index is 1160. The van der Waals surface area contributed by atoms with E-state index in [1.807, 2.05) is 17.8 Å². The summed E-state index contributed by atoms with van der Waals surface area (Å²) in [6.45, 7) is 5.42. The summed E-state index contributed by atoms with van der Waals surface area (Å²) in [4.78, 5) is 34.4. The summed E-state index contributed by atoms with van der Waals surface area (Å²) in [5, 5.41) is 18.4. The number of hydrogen-bond acceptors (Lipinski definition) is 6. The molecular weight excluding hydrogens is 602 g/mol. The van der Waals surface area contributed by atoms with Gasteiger partial charge in [0.15, 0.2) is 5.78 Å². The fraction of sp³-hybridized carbons (Fsp3) is 0.483. The number of Topliss-reactive ketones (excluding diaryl/α,β-unsaturated/α-hetero) is 1. The first-order chi connectivity index (χ1) is 20.2. The number of alkyl halides is 6. The lowest BCUT2D eigenvalue weighted by molar-refractivity contribution is -0.193. The molecular formula is C29H34F6N2O5S. The van der Waals surface area contributed by atoms with E-state index in [0.717, 1.165) is 62.8 Å². The van der Waals surface area contributed by atoms with Crippen molar-refractivity contribution in [2.45, 2.75) is 61.0 Å². The largest absolute Gasteiger partial charge is 0.490 e. The van der Waals surface area contributed by atoms with Crippen LogP contribution in [-0.4, -0.2) is 83.2 Å². The Kier molecular flexibility index (Phi) is 14.5. The Balaban J connectivity index is 0.000000384. The van der Waals surface area contributed by atoms with Gasteiger partial charge in [0, 0.05) is 22.1 Å². The Hall–Kier alpha value is -3.10. The second-order valence-electron chi connectivity index (χ2n) is 9.84. The van der Waals surface area contributed by atoms with Crippen molar-refractivity contribution in [3.05, 3.63) is 65.2 Å². The average molecular weight is 637 g/mol. The van der Waals surface area contributed by atoms with Crippen molar-refractivity contribution in [3.8, 4) is 0 Å². The molecule has 0 saturated carbocycles. The Morgan fingerprint density at radius 1 is 0.837 bits per heavy atom. The van der Waals surface area contributed by atoms with Crippen molar-refractivity contribution in [3.63, 3.8) is 0 Å². The number of carbonyl (C=O) groups is 3. The van der Waals surface area contributed by atoms with Crippen LogP contribution in [0.2, 0.25) is 0 Å². The van der Waals surface area contributed by atoms with Gasteiger partial charge in [-0.25, -0.2) is 9.59 Å². The van der Waals surface area contributed by atoms with Gasteiger partial charge < -0.3 is 20.4 Å². The standard InChI is InChI=1S/C25H32N2OS.2C2HF3O2/c28-25(22-9-8-20-10-14-26-15-11-21(20)19-22)7-4-16-27-17-12-24(13-18-27)29-23-5-2-1-3-6-23;2*3-2(4,5)1(6)7/h1-3,5-6,8-9,19,24,26H,4,7,10-18H2;2*(H,6,7). The molecule has 1 saturated heterocycles. The highest BCUT2D eigenvalue weighted by atomic mass is 32.2. The number of fused-ring (bicyclic) bond motifs is 1. The zero-order valence-corrected chi connectivity index (χ0v) is 24.0. The van der Waals surface area contributed by atoms with Crippen LogP contribution in [0.3, 0.4) is 0 Å². The second kappa shape index (κ2) is 17.3. The number of ketones is 1. The lowest BCUT2D eigenvalue weighted by Crippen LogP contribution is -2.35. The molecule has 3 N–H and O–H groups in total. The van der Waals surface area contributed by atoms with Crippen molar-refractivity contribution >= 4 is 29.5 Å². The van der Waals surface area contributed by atoms with Crippen molar-refractivity contribution in [1.29, 1.82) is 0 Å². The number of benzene rings is 2. The molecule has 2 aliphatic heterocycles. The van der Waals surface area contributed by atoms with Gasteiger partial charge in [0.2, 0.25) is 0 Å². The van der Waals surface area contributed by atoms with Crippen LogP contribution in [0.4, 0.5) is 26.3 Å². The van der Waals surface area contributed by atoms with Crippen LogP contribution >= 0.6 is 11.8 Å². The highest BCUT2D eigenvalue weighted by Crippen LogP contribution is 2.30. The molecule has 1 fully saturated rings. The molecule has 0 bridgehead atoms. The van der Waals surface area contributed by atoms with E-state index in [0.29, 0.717) is 12.2 Å². The molecule has 2 aromatic rings. The number of hydrogen-bond donors (Lipinski definition) is 3. The number of carboxylic acids is 2. The molecule has 2 heterocycles. The van der Waals surface area contributed by atoms with Crippen molar-refractivity contribution in [2.75, 3.05) is 32.7 Å².